The Morgan fingerprint density at radius 3 is 2.18 bits per heavy atom. The third-order valence-electron chi connectivity index (χ3n) is 4.71. The highest BCUT2D eigenvalue weighted by molar-refractivity contribution is 7.92. The number of hydrogen-bond acceptors (Lipinski definition) is 8. The van der Waals surface area contributed by atoms with Crippen molar-refractivity contribution < 1.29 is 30.4 Å². The fraction of sp³-hybridized carbons (Fsp3) is 0.286. The summed E-state index contributed by atoms with van der Waals surface area (Å²) in [6.45, 7) is 3.21. The summed E-state index contributed by atoms with van der Waals surface area (Å²) < 4.78 is 67.2. The van der Waals surface area contributed by atoms with Gasteiger partial charge in [0.05, 0.1) is 27.2 Å². The number of anilines is 1. The van der Waals surface area contributed by atoms with Crippen molar-refractivity contribution in [1.82, 2.24) is 10.2 Å². The van der Waals surface area contributed by atoms with Gasteiger partial charge in [-0.05, 0) is 55.8 Å². The van der Waals surface area contributed by atoms with Crippen LogP contribution in [-0.2, 0) is 30.9 Å². The van der Waals surface area contributed by atoms with E-state index in [0.717, 1.165) is 29.8 Å². The van der Waals surface area contributed by atoms with Gasteiger partial charge in [-0.2, -0.15) is 0 Å². The first-order chi connectivity index (χ1) is 15.5. The summed E-state index contributed by atoms with van der Waals surface area (Å²) in [7, 11) is -7.13. The first kappa shape index (κ1) is 24.5. The van der Waals surface area contributed by atoms with Crippen molar-refractivity contribution in [3.63, 3.8) is 0 Å². The van der Waals surface area contributed by atoms with Gasteiger partial charge in [0.15, 0.2) is 19.7 Å². The van der Waals surface area contributed by atoms with Gasteiger partial charge in [-0.25, -0.2) is 21.2 Å². The summed E-state index contributed by atoms with van der Waals surface area (Å²) in [5.74, 6) is -1.49. The van der Waals surface area contributed by atoms with E-state index in [1.54, 1.807) is 26.0 Å². The molecular weight excluding hydrogens is 473 g/mol. The maximum Gasteiger partial charge on any atom is 0.322 e. The minimum Gasteiger partial charge on any atom is -0.407 e. The normalized spacial score (nSPS) is 12.1. The second-order valence-electron chi connectivity index (χ2n) is 7.49. The quantitative estimate of drug-likeness (QED) is 0.448. The number of halogens is 1. The Kier molecular flexibility index (Phi) is 7.28. The zero-order valence-electron chi connectivity index (χ0n) is 17.9. The van der Waals surface area contributed by atoms with Gasteiger partial charge < -0.3 is 4.42 Å². The van der Waals surface area contributed by atoms with Gasteiger partial charge in [-0.3, -0.25) is 10.1 Å². The summed E-state index contributed by atoms with van der Waals surface area (Å²) in [4.78, 5) is 12.2. The zero-order chi connectivity index (χ0) is 24.2. The molecule has 1 heterocycles. The van der Waals surface area contributed by atoms with Crippen molar-refractivity contribution in [2.45, 2.75) is 41.7 Å². The first-order valence-corrected chi connectivity index (χ1v) is 13.1. The molecule has 0 aliphatic rings. The molecule has 0 atom stereocenters. The molecule has 0 spiro atoms. The van der Waals surface area contributed by atoms with Crippen molar-refractivity contribution >= 4 is 31.6 Å². The topological polar surface area (TPSA) is 136 Å². The third kappa shape index (κ3) is 6.23. The summed E-state index contributed by atoms with van der Waals surface area (Å²) in [5, 5.41) is 9.34. The van der Waals surface area contributed by atoms with E-state index in [0.29, 0.717) is 0 Å². The van der Waals surface area contributed by atoms with Gasteiger partial charge in [0.1, 0.15) is 5.82 Å². The van der Waals surface area contributed by atoms with E-state index in [1.165, 1.54) is 12.1 Å². The molecule has 33 heavy (non-hydrogen) atoms. The fourth-order valence-corrected chi connectivity index (χ4v) is 5.09. The van der Waals surface area contributed by atoms with E-state index in [-0.39, 0.29) is 34.5 Å². The second-order valence-corrected chi connectivity index (χ2v) is 12.1. The van der Waals surface area contributed by atoms with Crippen LogP contribution in [0.4, 0.5) is 10.4 Å². The number of benzene rings is 2. The van der Waals surface area contributed by atoms with Crippen molar-refractivity contribution in [3.05, 3.63) is 65.8 Å². The first-order valence-electron chi connectivity index (χ1n) is 9.91. The lowest BCUT2D eigenvalue weighted by Crippen LogP contribution is -2.17. The van der Waals surface area contributed by atoms with Gasteiger partial charge in [-0.1, -0.05) is 17.2 Å². The molecule has 1 N–H and O–H groups in total. The van der Waals surface area contributed by atoms with Crippen LogP contribution in [0.5, 0.6) is 0 Å². The molecule has 3 aromatic rings. The van der Waals surface area contributed by atoms with Crippen molar-refractivity contribution in [1.29, 1.82) is 0 Å². The average Bonchev–Trinajstić information content (AvgIpc) is 3.19. The molecular formula is C21H22FN3O6S2. The Bertz CT molecular complexity index is 1330. The van der Waals surface area contributed by atoms with Crippen molar-refractivity contribution in [2.75, 3.05) is 11.1 Å². The van der Waals surface area contributed by atoms with Crippen LogP contribution >= 0.6 is 0 Å². The third-order valence-corrected chi connectivity index (χ3v) is 8.61. The molecule has 0 unspecified atom stereocenters. The maximum absolute atomic E-state index is 13.0. The summed E-state index contributed by atoms with van der Waals surface area (Å²) in [6, 6.07) is 10.4. The van der Waals surface area contributed by atoms with Crippen LogP contribution in [0.25, 0.3) is 0 Å². The molecule has 0 aliphatic heterocycles. The van der Waals surface area contributed by atoms with Crippen molar-refractivity contribution in [3.8, 4) is 0 Å². The van der Waals surface area contributed by atoms with Gasteiger partial charge in [-0.15, -0.1) is 5.10 Å². The standard InChI is InChI=1S/C21H22FN3O6S2/c1-14(2)33(29,30)18-7-3-15(4-8-18)13-20-24-25-21(31-20)23-19(26)11-12-32(27,28)17-9-5-16(22)6-10-17/h3-10,14H,11-13H2,1-2H3,(H,23,25,26). The lowest BCUT2D eigenvalue weighted by molar-refractivity contribution is -0.116. The van der Waals surface area contributed by atoms with E-state index in [2.05, 4.69) is 15.5 Å². The molecule has 0 aliphatic carbocycles. The molecule has 0 radical (unpaired) electrons. The molecule has 0 fully saturated rings. The van der Waals surface area contributed by atoms with Gasteiger partial charge in [0.2, 0.25) is 11.8 Å². The number of rotatable bonds is 9. The van der Waals surface area contributed by atoms with Crippen LogP contribution in [0.3, 0.4) is 0 Å². The van der Waals surface area contributed by atoms with Gasteiger partial charge in [0, 0.05) is 6.42 Å². The Hall–Kier alpha value is -3.12. The van der Waals surface area contributed by atoms with Crippen LogP contribution in [0, 0.1) is 5.82 Å². The van der Waals surface area contributed by atoms with Crippen LogP contribution < -0.4 is 5.32 Å². The van der Waals surface area contributed by atoms with E-state index in [1.807, 2.05) is 0 Å². The van der Waals surface area contributed by atoms with Gasteiger partial charge in [0.25, 0.3) is 0 Å². The zero-order valence-corrected chi connectivity index (χ0v) is 19.5. The Morgan fingerprint density at radius 1 is 0.970 bits per heavy atom. The summed E-state index contributed by atoms with van der Waals surface area (Å²) in [6.07, 6.45) is -0.146. The molecule has 0 saturated heterocycles. The number of hydrogen-bond donors (Lipinski definition) is 1. The summed E-state index contributed by atoms with van der Waals surface area (Å²) in [5.41, 5.74) is 0.727. The molecule has 176 valence electrons. The Balaban J connectivity index is 1.56. The highest BCUT2D eigenvalue weighted by Gasteiger charge is 2.20. The lowest BCUT2D eigenvalue weighted by Gasteiger charge is -2.08. The van der Waals surface area contributed by atoms with Crippen LogP contribution in [0.2, 0.25) is 0 Å². The molecule has 2 aromatic carbocycles. The molecule has 9 nitrogen and oxygen atoms in total. The fourth-order valence-electron chi connectivity index (χ4n) is 2.79. The molecule has 0 bridgehead atoms. The maximum atomic E-state index is 13.0. The molecule has 3 rings (SSSR count). The summed E-state index contributed by atoms with van der Waals surface area (Å²) >= 11 is 0. The minimum absolute atomic E-state index is 0.0796. The predicted octanol–water partition coefficient (Wildman–Crippen LogP) is 2.78. The highest BCUT2D eigenvalue weighted by Crippen LogP contribution is 2.19. The molecule has 1 aromatic heterocycles. The molecule has 12 heteroatoms. The largest absolute Gasteiger partial charge is 0.407 e. The number of aromatic nitrogens is 2. The van der Waals surface area contributed by atoms with E-state index in [4.69, 9.17) is 4.42 Å². The predicted molar refractivity (Wildman–Crippen MR) is 118 cm³/mol. The van der Waals surface area contributed by atoms with E-state index < -0.39 is 42.4 Å². The second kappa shape index (κ2) is 9.79. The van der Waals surface area contributed by atoms with Crippen LogP contribution in [0.15, 0.2) is 62.7 Å². The highest BCUT2D eigenvalue weighted by atomic mass is 32.2. The number of nitrogens with one attached hydrogen (secondary N) is 1. The Morgan fingerprint density at radius 2 is 1.58 bits per heavy atom. The lowest BCUT2D eigenvalue weighted by atomic mass is 10.1. The van der Waals surface area contributed by atoms with Crippen molar-refractivity contribution in [2.24, 2.45) is 0 Å². The Labute approximate surface area is 190 Å². The number of sulfone groups is 2. The van der Waals surface area contributed by atoms with E-state index in [9.17, 15) is 26.0 Å². The monoisotopic (exact) mass is 495 g/mol. The SMILES string of the molecule is CC(C)S(=O)(=O)c1ccc(Cc2nnc(NC(=O)CCS(=O)(=O)c3ccc(F)cc3)o2)cc1. The van der Waals surface area contributed by atoms with Crippen LogP contribution in [-0.4, -0.2) is 43.9 Å². The van der Waals surface area contributed by atoms with E-state index >= 15 is 0 Å². The minimum atomic E-state index is -3.76. The average molecular weight is 496 g/mol. The number of nitrogens with zero attached hydrogens (tertiary/aromatic N) is 2. The molecule has 0 saturated carbocycles. The molecule has 1 amide bonds. The number of carbonyl (C=O) groups excluding carboxylic acids is 1. The number of carbonyl (C=O) groups is 1. The number of amides is 1. The smallest absolute Gasteiger partial charge is 0.322 e. The van der Waals surface area contributed by atoms with Gasteiger partial charge >= 0.3 is 6.01 Å². The van der Waals surface area contributed by atoms with Crippen LogP contribution in [0.1, 0.15) is 31.7 Å².